The lowest BCUT2D eigenvalue weighted by Gasteiger charge is -2.35. The molecule has 1 saturated heterocycles. The van der Waals surface area contributed by atoms with E-state index in [9.17, 15) is 9.59 Å². The second kappa shape index (κ2) is 11.2. The second-order valence-corrected chi connectivity index (χ2v) is 10.1. The third kappa shape index (κ3) is 4.85. The molecule has 36 heavy (non-hydrogen) atoms. The number of Topliss-reactive ketones (excluding diaryl/α,β-unsaturated/α-hetero) is 1. The molecule has 3 unspecified atom stereocenters. The maximum atomic E-state index is 13.8. The van der Waals surface area contributed by atoms with Gasteiger partial charge in [-0.25, -0.2) is 0 Å². The highest BCUT2D eigenvalue weighted by Gasteiger charge is 2.51. The predicted molar refractivity (Wildman–Crippen MR) is 134 cm³/mol. The Kier molecular flexibility index (Phi) is 7.82. The van der Waals surface area contributed by atoms with Crippen molar-refractivity contribution in [2.75, 3.05) is 53.1 Å². The van der Waals surface area contributed by atoms with E-state index in [-0.39, 0.29) is 29.5 Å². The molecule has 1 aliphatic carbocycles. The maximum Gasteiger partial charge on any atom is 0.290 e. The van der Waals surface area contributed by atoms with Crippen LogP contribution in [0.5, 0.6) is 11.5 Å². The van der Waals surface area contributed by atoms with Crippen LogP contribution in [0, 0.1) is 5.92 Å². The summed E-state index contributed by atoms with van der Waals surface area (Å²) in [7, 11) is 1.62. The molecule has 1 saturated carbocycles. The minimum atomic E-state index is -0.471. The van der Waals surface area contributed by atoms with Crippen molar-refractivity contribution in [3.63, 3.8) is 0 Å². The van der Waals surface area contributed by atoms with Crippen molar-refractivity contribution in [2.24, 2.45) is 5.92 Å². The molecule has 8 heteroatoms. The van der Waals surface area contributed by atoms with Crippen LogP contribution in [-0.2, 0) is 19.1 Å². The first-order valence-electron chi connectivity index (χ1n) is 13.5. The highest BCUT2D eigenvalue weighted by Crippen LogP contribution is 2.47. The molecule has 0 spiro atoms. The number of morpholine rings is 1. The average molecular weight is 499 g/mol. The molecule has 0 bridgehead atoms. The monoisotopic (exact) mass is 498 g/mol. The third-order valence-electron chi connectivity index (χ3n) is 7.80. The van der Waals surface area contributed by atoms with Crippen molar-refractivity contribution < 1.29 is 28.5 Å². The molecule has 1 amide bonds. The fraction of sp³-hybridized carbons (Fsp3) is 0.643. The Bertz CT molecular complexity index is 1000. The lowest BCUT2D eigenvalue weighted by molar-refractivity contribution is -0.135. The van der Waals surface area contributed by atoms with Crippen LogP contribution < -0.4 is 9.47 Å². The number of amides is 1. The van der Waals surface area contributed by atoms with E-state index in [1.807, 2.05) is 23.1 Å². The lowest BCUT2D eigenvalue weighted by atomic mass is 9.77. The van der Waals surface area contributed by atoms with E-state index in [0.29, 0.717) is 30.2 Å². The summed E-state index contributed by atoms with van der Waals surface area (Å²) in [5.41, 5.74) is 1.38. The van der Waals surface area contributed by atoms with Gasteiger partial charge in [-0.1, -0.05) is 19.4 Å². The smallest absolute Gasteiger partial charge is 0.290 e. The summed E-state index contributed by atoms with van der Waals surface area (Å²) < 4.78 is 23.2. The Balaban J connectivity index is 1.44. The molecule has 8 nitrogen and oxygen atoms in total. The van der Waals surface area contributed by atoms with Crippen LogP contribution in [0.25, 0.3) is 0 Å². The van der Waals surface area contributed by atoms with Gasteiger partial charge in [-0.15, -0.1) is 0 Å². The van der Waals surface area contributed by atoms with Gasteiger partial charge in [0.05, 0.1) is 44.5 Å². The largest absolute Gasteiger partial charge is 0.493 e. The quantitative estimate of drug-likeness (QED) is 0.516. The summed E-state index contributed by atoms with van der Waals surface area (Å²) in [6.45, 7) is 7.41. The van der Waals surface area contributed by atoms with Crippen LogP contribution in [0.4, 0.5) is 0 Å². The molecular formula is C28H38N2O6. The number of ketones is 1. The van der Waals surface area contributed by atoms with Gasteiger partial charge in [0.25, 0.3) is 5.91 Å². The van der Waals surface area contributed by atoms with Gasteiger partial charge < -0.3 is 23.8 Å². The molecular weight excluding hydrogens is 460 g/mol. The zero-order valence-electron chi connectivity index (χ0n) is 21.5. The van der Waals surface area contributed by atoms with Crippen molar-refractivity contribution >= 4 is 11.7 Å². The first-order chi connectivity index (χ1) is 17.6. The van der Waals surface area contributed by atoms with E-state index < -0.39 is 6.04 Å². The molecule has 4 aliphatic rings. The van der Waals surface area contributed by atoms with Crippen LogP contribution in [0.1, 0.15) is 57.1 Å². The number of hydrogen-bond acceptors (Lipinski definition) is 7. The van der Waals surface area contributed by atoms with Crippen LogP contribution >= 0.6 is 0 Å². The predicted octanol–water partition coefficient (Wildman–Crippen LogP) is 3.50. The van der Waals surface area contributed by atoms with Gasteiger partial charge in [0, 0.05) is 26.2 Å². The van der Waals surface area contributed by atoms with Gasteiger partial charge in [-0.2, -0.15) is 0 Å². The summed E-state index contributed by atoms with van der Waals surface area (Å²) in [5.74, 6) is 1.30. The molecule has 0 aromatic heterocycles. The number of nitrogens with zero attached hydrogens (tertiary/aromatic N) is 2. The number of carbonyl (C=O) groups is 2. The van der Waals surface area contributed by atoms with Crippen molar-refractivity contribution in [1.29, 1.82) is 0 Å². The van der Waals surface area contributed by atoms with Crippen molar-refractivity contribution in [3.05, 3.63) is 35.1 Å². The molecule has 1 aromatic rings. The van der Waals surface area contributed by atoms with Crippen molar-refractivity contribution in [1.82, 2.24) is 9.80 Å². The summed E-state index contributed by atoms with van der Waals surface area (Å²) in [4.78, 5) is 31.7. The number of benzene rings is 1. The number of hydrogen-bond donors (Lipinski definition) is 0. The normalized spacial score (nSPS) is 26.5. The van der Waals surface area contributed by atoms with Gasteiger partial charge in [0.2, 0.25) is 0 Å². The summed E-state index contributed by atoms with van der Waals surface area (Å²) >= 11 is 0. The van der Waals surface area contributed by atoms with Gasteiger partial charge in [-0.05, 0) is 49.8 Å². The maximum absolute atomic E-state index is 13.8. The van der Waals surface area contributed by atoms with Gasteiger partial charge in [0.15, 0.2) is 23.0 Å². The molecule has 0 radical (unpaired) electrons. The number of ether oxygens (including phenoxy) is 4. The van der Waals surface area contributed by atoms with E-state index in [2.05, 4.69) is 11.8 Å². The number of carbonyl (C=O) groups excluding carboxylic acids is 2. The third-order valence-corrected chi connectivity index (χ3v) is 7.80. The van der Waals surface area contributed by atoms with Crippen LogP contribution in [0.2, 0.25) is 0 Å². The SMILES string of the molecule is CCCOc1ccc(C2C3=C(OC4CCCCC4C3=O)C(=O)N2CCCN2CCOCC2)cc1OC. The minimum absolute atomic E-state index is 0.0836. The summed E-state index contributed by atoms with van der Waals surface area (Å²) in [6.07, 6.45) is 5.25. The number of methoxy groups -OCH3 is 1. The Morgan fingerprint density at radius 3 is 2.64 bits per heavy atom. The first-order valence-corrected chi connectivity index (χ1v) is 13.5. The van der Waals surface area contributed by atoms with E-state index in [1.165, 1.54) is 0 Å². The summed E-state index contributed by atoms with van der Waals surface area (Å²) in [6, 6.07) is 5.28. The van der Waals surface area contributed by atoms with Gasteiger partial charge >= 0.3 is 0 Å². The van der Waals surface area contributed by atoms with E-state index in [0.717, 1.165) is 76.9 Å². The standard InChI is InChI=1S/C28H38N2O6/c1-3-15-35-22-10-9-19(18-23(22)33-2)25-24-26(31)20-7-4-5-8-21(20)36-27(24)28(32)30(25)12-6-11-29-13-16-34-17-14-29/h9-10,18,20-21,25H,3-8,11-17H2,1-2H3. The molecule has 2 fully saturated rings. The Labute approximate surface area is 213 Å². The number of rotatable bonds is 9. The van der Waals surface area contributed by atoms with Crippen LogP contribution in [-0.4, -0.2) is 80.7 Å². The van der Waals surface area contributed by atoms with E-state index in [4.69, 9.17) is 18.9 Å². The molecule has 196 valence electrons. The highest BCUT2D eigenvalue weighted by molar-refractivity contribution is 6.11. The molecule has 3 atom stereocenters. The zero-order valence-corrected chi connectivity index (χ0v) is 21.5. The average Bonchev–Trinajstić information content (AvgIpc) is 3.19. The lowest BCUT2D eigenvalue weighted by Crippen LogP contribution is -2.39. The summed E-state index contributed by atoms with van der Waals surface area (Å²) in [5, 5.41) is 0. The van der Waals surface area contributed by atoms with E-state index in [1.54, 1.807) is 7.11 Å². The molecule has 3 heterocycles. The first kappa shape index (κ1) is 25.1. The van der Waals surface area contributed by atoms with Crippen molar-refractivity contribution in [3.8, 4) is 11.5 Å². The fourth-order valence-corrected chi connectivity index (χ4v) is 5.94. The molecule has 0 N–H and O–H groups in total. The Morgan fingerprint density at radius 2 is 1.86 bits per heavy atom. The van der Waals surface area contributed by atoms with Crippen LogP contribution in [0.3, 0.4) is 0 Å². The molecule has 5 rings (SSSR count). The second-order valence-electron chi connectivity index (χ2n) is 10.1. The van der Waals surface area contributed by atoms with Crippen LogP contribution in [0.15, 0.2) is 29.5 Å². The van der Waals surface area contributed by atoms with E-state index >= 15 is 0 Å². The topological polar surface area (TPSA) is 77.5 Å². The van der Waals surface area contributed by atoms with Gasteiger partial charge in [-0.3, -0.25) is 14.5 Å². The number of fused-ring (bicyclic) bond motifs is 1. The molecule has 3 aliphatic heterocycles. The molecule has 1 aromatic carbocycles. The van der Waals surface area contributed by atoms with Crippen molar-refractivity contribution in [2.45, 2.75) is 57.6 Å². The minimum Gasteiger partial charge on any atom is -0.493 e. The van der Waals surface area contributed by atoms with Gasteiger partial charge in [0.1, 0.15) is 6.10 Å². The highest BCUT2D eigenvalue weighted by atomic mass is 16.5. The Hall–Kier alpha value is -2.58. The Morgan fingerprint density at radius 1 is 1.06 bits per heavy atom. The fourth-order valence-electron chi connectivity index (χ4n) is 5.94. The zero-order chi connectivity index (χ0) is 25.1.